The lowest BCUT2D eigenvalue weighted by molar-refractivity contribution is -0.117. The van der Waals surface area contributed by atoms with Gasteiger partial charge in [0.05, 0.1) is 6.61 Å². The third-order valence-electron chi connectivity index (χ3n) is 2.84. The van der Waals surface area contributed by atoms with Crippen molar-refractivity contribution in [1.82, 2.24) is 5.32 Å². The number of nitrogens with one attached hydrogen (secondary N) is 1. The molecule has 0 aliphatic heterocycles. The Balaban J connectivity index is 2.91. The van der Waals surface area contributed by atoms with Crippen LogP contribution in [0.3, 0.4) is 0 Å². The average molecular weight is 272 g/mol. The van der Waals surface area contributed by atoms with Crippen LogP contribution >= 0.6 is 0 Å². The van der Waals surface area contributed by atoms with Gasteiger partial charge in [0, 0.05) is 6.04 Å². The van der Waals surface area contributed by atoms with E-state index in [1.54, 1.807) is 12.1 Å². The molecule has 0 radical (unpaired) electrons. The van der Waals surface area contributed by atoms with E-state index in [9.17, 15) is 4.79 Å². The molecule has 4 nitrogen and oxygen atoms in total. The van der Waals surface area contributed by atoms with Crippen LogP contribution in [0.4, 0.5) is 0 Å². The minimum atomic E-state index is -0.344. The molecule has 0 aliphatic carbocycles. The number of nitriles is 1. The first-order valence-corrected chi connectivity index (χ1v) is 6.76. The summed E-state index contributed by atoms with van der Waals surface area (Å²) in [4.78, 5) is 11.9. The van der Waals surface area contributed by atoms with Gasteiger partial charge in [0.15, 0.2) is 0 Å². The van der Waals surface area contributed by atoms with E-state index in [-0.39, 0.29) is 17.5 Å². The largest absolute Gasteiger partial charge is 0.494 e. The van der Waals surface area contributed by atoms with Gasteiger partial charge in [-0.1, -0.05) is 19.1 Å². The summed E-state index contributed by atoms with van der Waals surface area (Å²) in [5, 5.41) is 11.9. The number of carbonyl (C=O) groups is 1. The molecule has 0 fully saturated rings. The van der Waals surface area contributed by atoms with Gasteiger partial charge in [-0.3, -0.25) is 4.79 Å². The first-order chi connectivity index (χ1) is 9.60. The molecule has 0 aromatic heterocycles. The molecule has 1 N–H and O–H groups in total. The van der Waals surface area contributed by atoms with E-state index in [0.717, 1.165) is 17.7 Å². The summed E-state index contributed by atoms with van der Waals surface area (Å²) in [7, 11) is 0. The van der Waals surface area contributed by atoms with Gasteiger partial charge >= 0.3 is 0 Å². The van der Waals surface area contributed by atoms with E-state index in [4.69, 9.17) is 10.00 Å². The SMILES string of the molecule is CCOc1cccc(/C=C(\C#N)C(=O)N[C@@H](C)CC)c1. The Hall–Kier alpha value is -2.28. The van der Waals surface area contributed by atoms with Crippen molar-refractivity contribution >= 4 is 12.0 Å². The van der Waals surface area contributed by atoms with Crippen LogP contribution in [-0.2, 0) is 4.79 Å². The summed E-state index contributed by atoms with van der Waals surface area (Å²) >= 11 is 0. The van der Waals surface area contributed by atoms with Gasteiger partial charge in [-0.15, -0.1) is 0 Å². The number of hydrogen-bond acceptors (Lipinski definition) is 3. The maximum atomic E-state index is 11.9. The zero-order chi connectivity index (χ0) is 15.0. The summed E-state index contributed by atoms with van der Waals surface area (Å²) in [5.74, 6) is 0.379. The number of amides is 1. The zero-order valence-electron chi connectivity index (χ0n) is 12.1. The third-order valence-corrected chi connectivity index (χ3v) is 2.84. The molecule has 1 rings (SSSR count). The van der Waals surface area contributed by atoms with Gasteiger partial charge in [-0.2, -0.15) is 5.26 Å². The first-order valence-electron chi connectivity index (χ1n) is 6.76. The number of rotatable bonds is 6. The molecular formula is C16H20N2O2. The monoisotopic (exact) mass is 272 g/mol. The number of ether oxygens (including phenoxy) is 1. The highest BCUT2D eigenvalue weighted by Crippen LogP contribution is 2.16. The lowest BCUT2D eigenvalue weighted by Gasteiger charge is -2.10. The lowest BCUT2D eigenvalue weighted by Crippen LogP contribution is -2.32. The Morgan fingerprint density at radius 1 is 1.50 bits per heavy atom. The molecule has 1 aromatic rings. The van der Waals surface area contributed by atoms with Crippen molar-refractivity contribution in [2.75, 3.05) is 6.61 Å². The molecule has 1 aromatic carbocycles. The molecule has 0 saturated heterocycles. The molecule has 4 heteroatoms. The summed E-state index contributed by atoms with van der Waals surface area (Å²) in [6, 6.07) is 9.29. The fraction of sp³-hybridized carbons (Fsp3) is 0.375. The fourth-order valence-electron chi connectivity index (χ4n) is 1.58. The van der Waals surface area contributed by atoms with Gasteiger partial charge < -0.3 is 10.1 Å². The quantitative estimate of drug-likeness (QED) is 0.639. The maximum absolute atomic E-state index is 11.9. The van der Waals surface area contributed by atoms with Crippen LogP contribution in [0, 0.1) is 11.3 Å². The summed E-state index contributed by atoms with van der Waals surface area (Å²) in [6.07, 6.45) is 2.39. The number of nitrogens with zero attached hydrogens (tertiary/aromatic N) is 1. The molecule has 20 heavy (non-hydrogen) atoms. The number of benzene rings is 1. The van der Waals surface area contributed by atoms with E-state index in [1.807, 2.05) is 45.0 Å². The minimum absolute atomic E-state index is 0.0500. The predicted octanol–water partition coefficient (Wildman–Crippen LogP) is 2.91. The highest BCUT2D eigenvalue weighted by Gasteiger charge is 2.11. The molecule has 106 valence electrons. The smallest absolute Gasteiger partial charge is 0.262 e. The van der Waals surface area contributed by atoms with Crippen molar-refractivity contribution in [1.29, 1.82) is 5.26 Å². The molecular weight excluding hydrogens is 252 g/mol. The minimum Gasteiger partial charge on any atom is -0.494 e. The van der Waals surface area contributed by atoms with E-state index in [2.05, 4.69) is 5.32 Å². The van der Waals surface area contributed by atoms with E-state index in [0.29, 0.717) is 6.61 Å². The third kappa shape index (κ3) is 4.77. The van der Waals surface area contributed by atoms with Crippen LogP contribution in [0.25, 0.3) is 6.08 Å². The van der Waals surface area contributed by atoms with Crippen molar-refractivity contribution in [3.05, 3.63) is 35.4 Å². The van der Waals surface area contributed by atoms with Crippen LogP contribution in [0.5, 0.6) is 5.75 Å². The Morgan fingerprint density at radius 3 is 2.85 bits per heavy atom. The second-order valence-electron chi connectivity index (χ2n) is 4.46. The maximum Gasteiger partial charge on any atom is 0.262 e. The fourth-order valence-corrected chi connectivity index (χ4v) is 1.58. The molecule has 0 saturated carbocycles. The zero-order valence-corrected chi connectivity index (χ0v) is 12.1. The standard InChI is InChI=1S/C16H20N2O2/c1-4-12(3)18-16(19)14(11-17)9-13-7-6-8-15(10-13)20-5-2/h6-10,12H,4-5H2,1-3H3,(H,18,19)/b14-9+/t12-/m0/s1. The van der Waals surface area contributed by atoms with Gasteiger partial charge in [0.25, 0.3) is 5.91 Å². The van der Waals surface area contributed by atoms with Crippen LogP contribution in [0.15, 0.2) is 29.8 Å². The molecule has 0 spiro atoms. The van der Waals surface area contributed by atoms with E-state index >= 15 is 0 Å². The molecule has 0 bridgehead atoms. The second kappa shape index (κ2) is 8.00. The van der Waals surface area contributed by atoms with Crippen molar-refractivity contribution in [3.63, 3.8) is 0 Å². The Bertz CT molecular complexity index is 530. The lowest BCUT2D eigenvalue weighted by atomic mass is 10.1. The summed E-state index contributed by atoms with van der Waals surface area (Å²) in [6.45, 7) is 6.37. The van der Waals surface area contributed by atoms with Crippen LogP contribution in [-0.4, -0.2) is 18.6 Å². The van der Waals surface area contributed by atoms with Crippen molar-refractivity contribution < 1.29 is 9.53 Å². The Labute approximate surface area is 120 Å². The average Bonchev–Trinajstić information content (AvgIpc) is 2.45. The Kier molecular flexibility index (Phi) is 6.31. The van der Waals surface area contributed by atoms with Gasteiger partial charge in [-0.05, 0) is 44.0 Å². The Morgan fingerprint density at radius 2 is 2.25 bits per heavy atom. The highest BCUT2D eigenvalue weighted by molar-refractivity contribution is 6.01. The summed E-state index contributed by atoms with van der Waals surface area (Å²) < 4.78 is 5.39. The van der Waals surface area contributed by atoms with Crippen LogP contribution in [0.2, 0.25) is 0 Å². The van der Waals surface area contributed by atoms with Crippen molar-refractivity contribution in [2.45, 2.75) is 33.2 Å². The molecule has 1 atom stereocenters. The first kappa shape index (κ1) is 15.8. The molecule has 1 amide bonds. The summed E-state index contributed by atoms with van der Waals surface area (Å²) in [5.41, 5.74) is 0.866. The highest BCUT2D eigenvalue weighted by atomic mass is 16.5. The number of hydrogen-bond donors (Lipinski definition) is 1. The van der Waals surface area contributed by atoms with Crippen molar-refractivity contribution in [2.24, 2.45) is 0 Å². The normalized spacial score (nSPS) is 12.4. The second-order valence-corrected chi connectivity index (χ2v) is 4.46. The van der Waals surface area contributed by atoms with Crippen molar-refractivity contribution in [3.8, 4) is 11.8 Å². The molecule has 0 aliphatic rings. The van der Waals surface area contributed by atoms with Gasteiger partial charge in [0.2, 0.25) is 0 Å². The molecule has 0 heterocycles. The van der Waals surface area contributed by atoms with E-state index < -0.39 is 0 Å². The van der Waals surface area contributed by atoms with Gasteiger partial charge in [0.1, 0.15) is 17.4 Å². The topological polar surface area (TPSA) is 62.1 Å². The molecule has 0 unspecified atom stereocenters. The predicted molar refractivity (Wildman–Crippen MR) is 79.1 cm³/mol. The van der Waals surface area contributed by atoms with Crippen LogP contribution < -0.4 is 10.1 Å². The van der Waals surface area contributed by atoms with E-state index in [1.165, 1.54) is 0 Å². The number of carbonyl (C=O) groups excluding carboxylic acids is 1. The van der Waals surface area contributed by atoms with Gasteiger partial charge in [-0.25, -0.2) is 0 Å². The van der Waals surface area contributed by atoms with Crippen LogP contribution in [0.1, 0.15) is 32.8 Å².